The number of hydrogen-bond donors (Lipinski definition) is 0. The highest BCUT2D eigenvalue weighted by atomic mass is 127. The van der Waals surface area contributed by atoms with Gasteiger partial charge in [0.1, 0.15) is 6.34 Å². The van der Waals surface area contributed by atoms with Crippen LogP contribution in [0.15, 0.2) is 10.1 Å². The van der Waals surface area contributed by atoms with E-state index >= 15 is 0 Å². The molecule has 0 heterocycles. The SMILES string of the molecule is C=N/C=N\N(I)C=O. The predicted molar refractivity (Wildman–Crippen MR) is 40.0 cm³/mol. The zero-order chi connectivity index (χ0) is 6.41. The Labute approximate surface area is 60.8 Å². The summed E-state index contributed by atoms with van der Waals surface area (Å²) in [6.07, 6.45) is 1.74. The lowest BCUT2D eigenvalue weighted by molar-refractivity contribution is -0.112. The number of carbonyl (C=O) groups excluding carboxylic acids is 1. The fraction of sp³-hybridized carbons (Fsp3) is 0. The van der Waals surface area contributed by atoms with Gasteiger partial charge in [-0.15, -0.1) is 5.10 Å². The summed E-state index contributed by atoms with van der Waals surface area (Å²) in [4.78, 5) is 13.0. The van der Waals surface area contributed by atoms with E-state index in [2.05, 4.69) is 16.8 Å². The van der Waals surface area contributed by atoms with E-state index in [9.17, 15) is 4.79 Å². The van der Waals surface area contributed by atoms with Crippen molar-refractivity contribution in [1.82, 2.24) is 3.22 Å². The van der Waals surface area contributed by atoms with Crippen LogP contribution in [0.5, 0.6) is 0 Å². The highest BCUT2D eigenvalue weighted by Crippen LogP contribution is 1.90. The van der Waals surface area contributed by atoms with Gasteiger partial charge in [-0.05, 0) is 6.72 Å². The molecule has 8 heavy (non-hydrogen) atoms. The number of halogens is 1. The van der Waals surface area contributed by atoms with Gasteiger partial charge in [-0.2, -0.15) is 3.22 Å². The van der Waals surface area contributed by atoms with E-state index in [-0.39, 0.29) is 0 Å². The molecule has 0 atom stereocenters. The summed E-state index contributed by atoms with van der Waals surface area (Å²) < 4.78 is 1.06. The fourth-order valence-electron chi connectivity index (χ4n) is 0.113. The zero-order valence-corrected chi connectivity index (χ0v) is 6.15. The van der Waals surface area contributed by atoms with Crippen molar-refractivity contribution in [1.29, 1.82) is 0 Å². The van der Waals surface area contributed by atoms with E-state index in [4.69, 9.17) is 0 Å². The molecule has 0 unspecified atom stereocenters. The summed E-state index contributed by atoms with van der Waals surface area (Å²) in [6, 6.07) is 0. The average Bonchev–Trinajstić information content (AvgIpc) is 1.83. The second-order valence-electron chi connectivity index (χ2n) is 0.808. The lowest BCUT2D eigenvalue weighted by Crippen LogP contribution is -1.96. The van der Waals surface area contributed by atoms with Crippen molar-refractivity contribution in [2.75, 3.05) is 0 Å². The summed E-state index contributed by atoms with van der Waals surface area (Å²) in [7, 11) is 0. The topological polar surface area (TPSA) is 45.0 Å². The molecule has 0 aliphatic carbocycles. The van der Waals surface area contributed by atoms with Crippen LogP contribution >= 0.6 is 22.9 Å². The van der Waals surface area contributed by atoms with Gasteiger partial charge in [0.25, 0.3) is 0 Å². The second kappa shape index (κ2) is 4.69. The molecule has 0 saturated heterocycles. The molecular formula is C3H4IN3O. The van der Waals surface area contributed by atoms with E-state index in [1.165, 1.54) is 6.34 Å². The summed E-state index contributed by atoms with van der Waals surface area (Å²) in [5.41, 5.74) is 0. The minimum absolute atomic E-state index is 0.558. The molecule has 0 saturated carbocycles. The van der Waals surface area contributed by atoms with Crippen LogP contribution < -0.4 is 0 Å². The van der Waals surface area contributed by atoms with Crippen LogP contribution in [0.25, 0.3) is 0 Å². The van der Waals surface area contributed by atoms with E-state index in [0.717, 1.165) is 3.22 Å². The third kappa shape index (κ3) is 3.72. The first kappa shape index (κ1) is 7.54. The Morgan fingerprint density at radius 3 is 2.75 bits per heavy atom. The Morgan fingerprint density at radius 2 is 2.38 bits per heavy atom. The number of rotatable bonds is 3. The van der Waals surface area contributed by atoms with E-state index < -0.39 is 0 Å². The Balaban J connectivity index is 3.50. The summed E-state index contributed by atoms with van der Waals surface area (Å²) in [6.45, 7) is 3.12. The fourth-order valence-corrected chi connectivity index (χ4v) is 0.224. The van der Waals surface area contributed by atoms with Crippen molar-refractivity contribution in [3.8, 4) is 0 Å². The first-order valence-electron chi connectivity index (χ1n) is 1.70. The molecule has 0 aromatic heterocycles. The number of nitrogens with zero attached hydrogens (tertiary/aromatic N) is 3. The maximum atomic E-state index is 9.75. The van der Waals surface area contributed by atoms with Gasteiger partial charge < -0.3 is 0 Å². The lowest BCUT2D eigenvalue weighted by atomic mass is 11.3. The standard InChI is InChI=1S/C3H4IN3O/c1-5-2-6-7(4)3-8/h2-3H,1H2/b6-2-. The van der Waals surface area contributed by atoms with Crippen molar-refractivity contribution >= 4 is 42.3 Å². The molecule has 0 aliphatic rings. The minimum atomic E-state index is 0.558. The van der Waals surface area contributed by atoms with Crippen LogP contribution in [0.4, 0.5) is 0 Å². The van der Waals surface area contributed by atoms with Crippen molar-refractivity contribution in [3.05, 3.63) is 0 Å². The van der Waals surface area contributed by atoms with Gasteiger partial charge in [-0.1, -0.05) is 0 Å². The largest absolute Gasteiger partial charge is 0.276 e. The monoisotopic (exact) mass is 225 g/mol. The van der Waals surface area contributed by atoms with Gasteiger partial charge in [0.15, 0.2) is 0 Å². The maximum absolute atomic E-state index is 9.75. The molecule has 0 aliphatic heterocycles. The van der Waals surface area contributed by atoms with E-state index in [1.54, 1.807) is 22.9 Å². The molecule has 44 valence electrons. The smallest absolute Gasteiger partial charge is 0.239 e. The van der Waals surface area contributed by atoms with Crippen LogP contribution in [0, 0.1) is 0 Å². The van der Waals surface area contributed by atoms with Crippen molar-refractivity contribution in [2.45, 2.75) is 0 Å². The quantitative estimate of drug-likeness (QED) is 0.171. The Kier molecular flexibility index (Phi) is 4.42. The first-order valence-corrected chi connectivity index (χ1v) is 2.66. The van der Waals surface area contributed by atoms with Crippen molar-refractivity contribution in [2.24, 2.45) is 10.1 Å². The minimum Gasteiger partial charge on any atom is -0.276 e. The molecule has 5 heteroatoms. The van der Waals surface area contributed by atoms with Crippen LogP contribution in [0.2, 0.25) is 0 Å². The summed E-state index contributed by atoms with van der Waals surface area (Å²) in [5, 5.41) is 3.46. The van der Waals surface area contributed by atoms with Gasteiger partial charge in [0.2, 0.25) is 6.41 Å². The zero-order valence-electron chi connectivity index (χ0n) is 3.99. The molecule has 0 fully saturated rings. The van der Waals surface area contributed by atoms with Crippen LogP contribution in [0.3, 0.4) is 0 Å². The van der Waals surface area contributed by atoms with Gasteiger partial charge in [0.05, 0.1) is 22.9 Å². The summed E-state index contributed by atoms with van der Waals surface area (Å²) in [5.74, 6) is 0. The van der Waals surface area contributed by atoms with Crippen molar-refractivity contribution < 1.29 is 4.79 Å². The number of hydrogen-bond acceptors (Lipinski definition) is 2. The molecule has 0 aromatic rings. The molecule has 0 N–H and O–H groups in total. The van der Waals surface area contributed by atoms with E-state index in [1.807, 2.05) is 0 Å². The highest BCUT2D eigenvalue weighted by Gasteiger charge is 1.82. The van der Waals surface area contributed by atoms with Crippen LogP contribution in [-0.2, 0) is 4.79 Å². The third-order valence-corrected chi connectivity index (χ3v) is 0.807. The first-order chi connectivity index (χ1) is 3.81. The molecule has 0 spiro atoms. The maximum Gasteiger partial charge on any atom is 0.239 e. The normalized spacial score (nSPS) is 9.12. The van der Waals surface area contributed by atoms with E-state index in [0.29, 0.717) is 6.41 Å². The molecule has 0 radical (unpaired) electrons. The number of aliphatic imine (C=N–C) groups is 1. The van der Waals surface area contributed by atoms with Crippen LogP contribution in [0.1, 0.15) is 0 Å². The Hall–Kier alpha value is -0.460. The van der Waals surface area contributed by atoms with Gasteiger partial charge in [-0.25, -0.2) is 0 Å². The predicted octanol–water partition coefficient (Wildman–Crippen LogP) is 0.439. The highest BCUT2D eigenvalue weighted by molar-refractivity contribution is 14.1. The Morgan fingerprint density at radius 1 is 1.75 bits per heavy atom. The third-order valence-electron chi connectivity index (χ3n) is 0.331. The van der Waals surface area contributed by atoms with Crippen molar-refractivity contribution in [3.63, 3.8) is 0 Å². The van der Waals surface area contributed by atoms with Gasteiger partial charge >= 0.3 is 0 Å². The Bertz CT molecular complexity index is 113. The number of hydrazone groups is 1. The number of carbonyl (C=O) groups is 1. The van der Waals surface area contributed by atoms with Gasteiger partial charge in [-0.3, -0.25) is 9.79 Å². The molecule has 4 nitrogen and oxygen atoms in total. The molecule has 1 amide bonds. The van der Waals surface area contributed by atoms with Gasteiger partial charge in [0, 0.05) is 0 Å². The average molecular weight is 225 g/mol. The summed E-state index contributed by atoms with van der Waals surface area (Å²) >= 11 is 1.71. The molecule has 0 aromatic carbocycles. The second-order valence-corrected chi connectivity index (χ2v) is 1.80. The van der Waals surface area contributed by atoms with Crippen LogP contribution in [-0.4, -0.2) is 22.7 Å². The molecule has 0 bridgehead atoms. The molecule has 0 rings (SSSR count). The number of amides is 1. The lowest BCUT2D eigenvalue weighted by Gasteiger charge is -1.92. The molecular weight excluding hydrogens is 221 g/mol.